The second-order valence-electron chi connectivity index (χ2n) is 4.40. The maximum absolute atomic E-state index is 13.6. The minimum Gasteiger partial charge on any atom is -0.489 e. The molecule has 0 fully saturated rings. The summed E-state index contributed by atoms with van der Waals surface area (Å²) in [6.45, 7) is 0.0746. The van der Waals surface area contributed by atoms with Gasteiger partial charge in [0.15, 0.2) is 0 Å². The van der Waals surface area contributed by atoms with E-state index in [-0.39, 0.29) is 11.1 Å². The Labute approximate surface area is 138 Å². The van der Waals surface area contributed by atoms with Crippen LogP contribution in [-0.4, -0.2) is 4.89 Å². The summed E-state index contributed by atoms with van der Waals surface area (Å²) in [4.78, 5) is 8.47. The fraction of sp³-hybridized carbons (Fsp3) is 0.143. The van der Waals surface area contributed by atoms with Gasteiger partial charge in [0, 0.05) is 9.04 Å². The highest BCUT2D eigenvalue weighted by atomic mass is 79.9. The highest BCUT2D eigenvalue weighted by Crippen LogP contribution is 2.40. The molecule has 0 bridgehead atoms. The highest BCUT2D eigenvalue weighted by Gasteiger charge is 2.44. The number of halogens is 4. The Balaban J connectivity index is 2.09. The summed E-state index contributed by atoms with van der Waals surface area (Å²) in [5.74, 6) is 0.0337. The molecular weight excluding hydrogens is 400 g/mol. The molecule has 0 spiro atoms. The predicted molar refractivity (Wildman–Crippen MR) is 79.7 cm³/mol. The summed E-state index contributed by atoms with van der Waals surface area (Å²) >= 11 is 2.97. The van der Waals surface area contributed by atoms with Crippen LogP contribution in [0, 0.1) is 5.82 Å². The number of hydrogen-bond acceptors (Lipinski definition) is 3. The van der Waals surface area contributed by atoms with Crippen LogP contribution in [0.15, 0.2) is 46.9 Å². The molecule has 0 aliphatic rings. The van der Waals surface area contributed by atoms with Gasteiger partial charge in [0.25, 0.3) is 0 Å². The van der Waals surface area contributed by atoms with Crippen LogP contribution in [0.2, 0.25) is 0 Å². The minimum absolute atomic E-state index is 0.000411. The van der Waals surface area contributed by atoms with Crippen LogP contribution in [0.5, 0.6) is 5.75 Å². The van der Waals surface area contributed by atoms with Crippen molar-refractivity contribution < 1.29 is 31.9 Å². The molecule has 23 heavy (non-hydrogen) atoms. The quantitative estimate of drug-likeness (QED) is 0.690. The number of rotatable bonds is 6. The van der Waals surface area contributed by atoms with Crippen molar-refractivity contribution in [3.63, 3.8) is 0 Å². The molecule has 0 aromatic heterocycles. The maximum atomic E-state index is 13.6. The first-order chi connectivity index (χ1) is 10.8. The van der Waals surface area contributed by atoms with Crippen LogP contribution in [-0.2, 0) is 21.8 Å². The fourth-order valence-electron chi connectivity index (χ4n) is 1.73. The van der Waals surface area contributed by atoms with Gasteiger partial charge in [0.2, 0.25) is 0 Å². The number of benzene rings is 2. The molecule has 2 aromatic carbocycles. The molecule has 0 aliphatic carbocycles. The van der Waals surface area contributed by atoms with E-state index in [9.17, 15) is 17.7 Å². The van der Waals surface area contributed by atoms with E-state index >= 15 is 0 Å². The summed E-state index contributed by atoms with van der Waals surface area (Å²) in [6, 6.07) is 9.17. The SMILES string of the molecule is O=[P+](O)OC(F)(F)c1ccc(COc2ccc(F)cc2)cc1Br. The second-order valence-corrected chi connectivity index (χ2v) is 5.92. The van der Waals surface area contributed by atoms with Gasteiger partial charge in [-0.25, -0.2) is 4.39 Å². The molecule has 2 aromatic rings. The lowest BCUT2D eigenvalue weighted by Crippen LogP contribution is -2.15. The Morgan fingerprint density at radius 1 is 1.17 bits per heavy atom. The predicted octanol–water partition coefficient (Wildman–Crippen LogP) is 4.88. The van der Waals surface area contributed by atoms with Crippen LogP contribution in [0.3, 0.4) is 0 Å². The Hall–Kier alpha value is -1.47. The number of ether oxygens (including phenoxy) is 1. The van der Waals surface area contributed by atoms with Crippen molar-refractivity contribution in [2.75, 3.05) is 0 Å². The van der Waals surface area contributed by atoms with E-state index < -0.39 is 25.7 Å². The highest BCUT2D eigenvalue weighted by molar-refractivity contribution is 9.10. The van der Waals surface area contributed by atoms with Crippen molar-refractivity contribution in [3.8, 4) is 5.75 Å². The van der Waals surface area contributed by atoms with Gasteiger partial charge >= 0.3 is 14.4 Å². The minimum atomic E-state index is -3.91. The molecular formula is C14H10BrF3O4P+. The summed E-state index contributed by atoms with van der Waals surface area (Å²) in [5, 5.41) is 0. The molecule has 1 N–H and O–H groups in total. The van der Waals surface area contributed by atoms with E-state index in [1.165, 1.54) is 36.4 Å². The molecule has 2 rings (SSSR count). The molecule has 0 saturated carbocycles. The second kappa shape index (κ2) is 7.40. The first kappa shape index (κ1) is 17.9. The van der Waals surface area contributed by atoms with Crippen molar-refractivity contribution in [2.45, 2.75) is 12.7 Å². The van der Waals surface area contributed by atoms with Gasteiger partial charge < -0.3 is 4.74 Å². The Morgan fingerprint density at radius 3 is 2.39 bits per heavy atom. The van der Waals surface area contributed by atoms with Gasteiger partial charge in [0.1, 0.15) is 18.2 Å². The van der Waals surface area contributed by atoms with Crippen molar-refractivity contribution in [1.82, 2.24) is 0 Å². The molecule has 0 amide bonds. The zero-order valence-electron chi connectivity index (χ0n) is 11.4. The van der Waals surface area contributed by atoms with Crippen molar-refractivity contribution in [3.05, 3.63) is 63.9 Å². The average Bonchev–Trinajstić information content (AvgIpc) is 2.45. The zero-order valence-corrected chi connectivity index (χ0v) is 13.9. The van der Waals surface area contributed by atoms with Crippen LogP contribution < -0.4 is 4.74 Å². The molecule has 9 heteroatoms. The maximum Gasteiger partial charge on any atom is 0.701 e. The monoisotopic (exact) mass is 409 g/mol. The van der Waals surface area contributed by atoms with E-state index in [0.717, 1.165) is 6.07 Å². The topological polar surface area (TPSA) is 55.8 Å². The molecule has 0 aliphatic heterocycles. The first-order valence-corrected chi connectivity index (χ1v) is 8.10. The third-order valence-corrected chi connectivity index (χ3v) is 3.80. The third-order valence-electron chi connectivity index (χ3n) is 2.76. The van der Waals surface area contributed by atoms with Crippen LogP contribution in [0.4, 0.5) is 13.2 Å². The zero-order chi connectivity index (χ0) is 17.0. The number of alkyl halides is 2. The molecule has 0 radical (unpaired) electrons. The van der Waals surface area contributed by atoms with Gasteiger partial charge in [-0.3, -0.25) is 0 Å². The molecule has 122 valence electrons. The van der Waals surface area contributed by atoms with Gasteiger partial charge in [0.05, 0.1) is 5.56 Å². The fourth-order valence-corrected chi connectivity index (χ4v) is 2.68. The summed E-state index contributed by atoms with van der Waals surface area (Å²) in [7, 11) is -3.45. The number of hydrogen-bond donors (Lipinski definition) is 1. The normalized spacial score (nSPS) is 12.1. The lowest BCUT2D eigenvalue weighted by Gasteiger charge is -2.13. The van der Waals surface area contributed by atoms with Crippen molar-refractivity contribution in [1.29, 1.82) is 0 Å². The van der Waals surface area contributed by atoms with Crippen LogP contribution in [0.1, 0.15) is 11.1 Å². The smallest absolute Gasteiger partial charge is 0.489 e. The van der Waals surface area contributed by atoms with E-state index in [0.29, 0.717) is 11.3 Å². The van der Waals surface area contributed by atoms with E-state index in [1.807, 2.05) is 0 Å². The van der Waals surface area contributed by atoms with Crippen LogP contribution >= 0.6 is 24.2 Å². The Morgan fingerprint density at radius 2 is 1.83 bits per heavy atom. The van der Waals surface area contributed by atoms with Crippen molar-refractivity contribution >= 4 is 24.2 Å². The summed E-state index contributed by atoms with van der Waals surface area (Å²) in [6.07, 6.45) is -3.91. The van der Waals surface area contributed by atoms with Gasteiger partial charge in [-0.05, 0) is 46.5 Å². The summed E-state index contributed by atoms with van der Waals surface area (Å²) in [5.41, 5.74) is -0.0189. The third kappa shape index (κ3) is 5.00. The Bertz CT molecular complexity index is 710. The van der Waals surface area contributed by atoms with E-state index in [4.69, 9.17) is 9.63 Å². The average molecular weight is 410 g/mol. The summed E-state index contributed by atoms with van der Waals surface area (Å²) < 4.78 is 59.6. The molecule has 4 nitrogen and oxygen atoms in total. The molecule has 1 unspecified atom stereocenters. The van der Waals surface area contributed by atoms with Crippen LogP contribution in [0.25, 0.3) is 0 Å². The first-order valence-electron chi connectivity index (χ1n) is 6.18. The lowest BCUT2D eigenvalue weighted by molar-refractivity contribution is -0.186. The van der Waals surface area contributed by atoms with E-state index in [1.54, 1.807) is 0 Å². The lowest BCUT2D eigenvalue weighted by atomic mass is 10.1. The largest absolute Gasteiger partial charge is 0.701 e. The van der Waals surface area contributed by atoms with Gasteiger partial charge in [-0.15, -0.1) is 4.89 Å². The molecule has 0 heterocycles. The Kier molecular flexibility index (Phi) is 5.75. The van der Waals surface area contributed by atoms with E-state index in [2.05, 4.69) is 20.5 Å². The molecule has 1 atom stereocenters. The van der Waals surface area contributed by atoms with Gasteiger partial charge in [-0.2, -0.15) is 8.78 Å². The van der Waals surface area contributed by atoms with Crippen molar-refractivity contribution in [2.24, 2.45) is 0 Å². The van der Waals surface area contributed by atoms with Gasteiger partial charge in [-0.1, -0.05) is 22.0 Å². The standard InChI is InChI=1S/C14H9BrF3O4P/c15-13-7-9(8-21-11-4-2-10(16)3-5-11)1-6-12(13)14(17,18)22-23(19)20/h1-7H,8H2/p+1. The molecule has 0 saturated heterocycles.